The monoisotopic (exact) mass is 465 g/mol. The molecule has 3 aromatic rings. The highest BCUT2D eigenvalue weighted by atomic mass is 32.1. The zero-order chi connectivity index (χ0) is 23.4. The first kappa shape index (κ1) is 23.5. The highest BCUT2D eigenvalue weighted by Gasteiger charge is 2.27. The fourth-order valence-electron chi connectivity index (χ4n) is 4.24. The predicted octanol–water partition coefficient (Wildman–Crippen LogP) is 4.68. The van der Waals surface area contributed by atoms with Crippen LogP contribution >= 0.6 is 11.3 Å². The van der Waals surface area contributed by atoms with E-state index in [0.29, 0.717) is 12.5 Å². The van der Waals surface area contributed by atoms with Crippen molar-refractivity contribution < 1.29 is 4.79 Å². The van der Waals surface area contributed by atoms with Gasteiger partial charge in [0.15, 0.2) is 0 Å². The standard InChI is InChI=1S/C26H35N5OS/c1-20(2)12-13-30(26(32)24-11-8-18-33-24)19-23-21(3)27-31(22-9-6-5-7-10-22)25(23)29-16-14-28(4)15-17-29/h5-11,18,20H,12-17,19H2,1-4H3. The summed E-state index contributed by atoms with van der Waals surface area (Å²) in [5.41, 5.74) is 3.19. The number of piperazine rings is 1. The molecule has 0 saturated carbocycles. The van der Waals surface area contributed by atoms with Gasteiger partial charge in [-0.05, 0) is 49.9 Å². The fourth-order valence-corrected chi connectivity index (χ4v) is 4.93. The van der Waals surface area contributed by atoms with E-state index in [2.05, 4.69) is 66.6 Å². The van der Waals surface area contributed by atoms with Crippen LogP contribution < -0.4 is 4.90 Å². The Morgan fingerprint density at radius 2 is 1.82 bits per heavy atom. The molecule has 0 bridgehead atoms. The minimum atomic E-state index is 0.113. The van der Waals surface area contributed by atoms with E-state index in [4.69, 9.17) is 5.10 Å². The molecule has 33 heavy (non-hydrogen) atoms. The van der Waals surface area contributed by atoms with Crippen molar-refractivity contribution in [2.45, 2.75) is 33.7 Å². The first-order valence-corrected chi connectivity index (χ1v) is 12.7. The van der Waals surface area contributed by atoms with Crippen LogP contribution in [0.15, 0.2) is 47.8 Å². The normalized spacial score (nSPS) is 14.8. The molecule has 1 aromatic carbocycles. The molecule has 1 saturated heterocycles. The molecule has 7 heteroatoms. The summed E-state index contributed by atoms with van der Waals surface area (Å²) >= 11 is 1.51. The van der Waals surface area contributed by atoms with Crippen molar-refractivity contribution in [2.75, 3.05) is 44.7 Å². The third-order valence-corrected chi connectivity index (χ3v) is 7.16. The van der Waals surface area contributed by atoms with Crippen molar-refractivity contribution in [3.05, 3.63) is 64.0 Å². The summed E-state index contributed by atoms with van der Waals surface area (Å²) in [6.07, 6.45) is 0.979. The molecule has 4 rings (SSSR count). The Morgan fingerprint density at radius 3 is 2.45 bits per heavy atom. The third-order valence-electron chi connectivity index (χ3n) is 6.31. The van der Waals surface area contributed by atoms with E-state index in [1.54, 1.807) is 0 Å². The highest BCUT2D eigenvalue weighted by Crippen LogP contribution is 2.30. The predicted molar refractivity (Wildman–Crippen MR) is 137 cm³/mol. The number of hydrogen-bond acceptors (Lipinski definition) is 5. The zero-order valence-electron chi connectivity index (χ0n) is 20.2. The van der Waals surface area contributed by atoms with Gasteiger partial charge < -0.3 is 14.7 Å². The number of thiophene rings is 1. The summed E-state index contributed by atoms with van der Waals surface area (Å²) < 4.78 is 2.08. The van der Waals surface area contributed by atoms with E-state index in [9.17, 15) is 4.79 Å². The molecule has 0 N–H and O–H groups in total. The van der Waals surface area contributed by atoms with Gasteiger partial charge in [-0.3, -0.25) is 4.79 Å². The maximum atomic E-state index is 13.4. The average Bonchev–Trinajstić information content (AvgIpc) is 3.46. The summed E-state index contributed by atoms with van der Waals surface area (Å²) in [6, 6.07) is 14.2. The van der Waals surface area contributed by atoms with Crippen molar-refractivity contribution in [1.29, 1.82) is 0 Å². The second-order valence-electron chi connectivity index (χ2n) is 9.31. The maximum Gasteiger partial charge on any atom is 0.264 e. The van der Waals surface area contributed by atoms with Gasteiger partial charge in [0.05, 0.1) is 22.8 Å². The first-order valence-electron chi connectivity index (χ1n) is 11.8. The summed E-state index contributed by atoms with van der Waals surface area (Å²) in [5.74, 6) is 1.77. The molecule has 0 spiro atoms. The molecule has 0 unspecified atom stereocenters. The number of rotatable bonds is 8. The van der Waals surface area contributed by atoms with E-state index >= 15 is 0 Å². The average molecular weight is 466 g/mol. The quantitative estimate of drug-likeness (QED) is 0.484. The van der Waals surface area contributed by atoms with E-state index in [-0.39, 0.29) is 5.91 Å². The Kier molecular flexibility index (Phi) is 7.50. The highest BCUT2D eigenvalue weighted by molar-refractivity contribution is 7.12. The summed E-state index contributed by atoms with van der Waals surface area (Å²) in [7, 11) is 2.17. The largest absolute Gasteiger partial charge is 0.354 e. The summed E-state index contributed by atoms with van der Waals surface area (Å²) in [5, 5.41) is 6.95. The van der Waals surface area contributed by atoms with Crippen molar-refractivity contribution >= 4 is 23.1 Å². The molecule has 3 heterocycles. The Balaban J connectivity index is 1.72. The molecule has 0 atom stereocenters. The molecule has 2 aromatic heterocycles. The van der Waals surface area contributed by atoms with Gasteiger partial charge >= 0.3 is 0 Å². The molecule has 0 aliphatic carbocycles. The van der Waals surface area contributed by atoms with Crippen molar-refractivity contribution in [3.63, 3.8) is 0 Å². The smallest absolute Gasteiger partial charge is 0.264 e. The van der Waals surface area contributed by atoms with Crippen LogP contribution in [0.5, 0.6) is 0 Å². The van der Waals surface area contributed by atoms with E-state index in [1.807, 2.05) is 28.5 Å². The molecule has 1 aliphatic rings. The maximum absolute atomic E-state index is 13.4. The number of para-hydroxylation sites is 1. The molecule has 0 radical (unpaired) electrons. The van der Waals surface area contributed by atoms with Crippen LogP contribution in [0.4, 0.5) is 5.82 Å². The van der Waals surface area contributed by atoms with Crippen molar-refractivity contribution in [3.8, 4) is 5.69 Å². The molecule has 1 amide bonds. The van der Waals surface area contributed by atoms with Gasteiger partial charge in [0.2, 0.25) is 0 Å². The van der Waals surface area contributed by atoms with Crippen LogP contribution in [-0.2, 0) is 6.54 Å². The summed E-state index contributed by atoms with van der Waals surface area (Å²) in [6.45, 7) is 11.7. The van der Waals surface area contributed by atoms with Crippen LogP contribution in [0.2, 0.25) is 0 Å². The second kappa shape index (κ2) is 10.5. The van der Waals surface area contributed by atoms with Crippen LogP contribution in [0, 0.1) is 12.8 Å². The van der Waals surface area contributed by atoms with Crippen LogP contribution in [0.3, 0.4) is 0 Å². The van der Waals surface area contributed by atoms with Gasteiger partial charge in [0, 0.05) is 38.3 Å². The lowest BCUT2D eigenvalue weighted by Crippen LogP contribution is -2.45. The van der Waals surface area contributed by atoms with E-state index < -0.39 is 0 Å². The second-order valence-corrected chi connectivity index (χ2v) is 10.3. The van der Waals surface area contributed by atoms with Crippen LogP contribution in [-0.4, -0.2) is 65.3 Å². The lowest BCUT2D eigenvalue weighted by Gasteiger charge is -2.35. The SMILES string of the molecule is Cc1nn(-c2ccccc2)c(N2CCN(C)CC2)c1CN(CCC(C)C)C(=O)c1cccs1. The molecule has 1 fully saturated rings. The Hall–Kier alpha value is -2.64. The zero-order valence-corrected chi connectivity index (χ0v) is 21.0. The van der Waals surface area contributed by atoms with Gasteiger partial charge in [-0.25, -0.2) is 4.68 Å². The number of carbonyl (C=O) groups excluding carboxylic acids is 1. The number of aryl methyl sites for hydroxylation is 1. The number of anilines is 1. The van der Waals surface area contributed by atoms with Gasteiger partial charge in [0.25, 0.3) is 5.91 Å². The van der Waals surface area contributed by atoms with Gasteiger partial charge in [-0.15, -0.1) is 11.3 Å². The number of aromatic nitrogens is 2. The molecule has 1 aliphatic heterocycles. The molecular weight excluding hydrogens is 430 g/mol. The number of carbonyl (C=O) groups is 1. The number of benzene rings is 1. The van der Waals surface area contributed by atoms with Crippen LogP contribution in [0.1, 0.15) is 41.2 Å². The van der Waals surface area contributed by atoms with Gasteiger partial charge in [-0.1, -0.05) is 38.1 Å². The Bertz CT molecular complexity index is 1040. The van der Waals surface area contributed by atoms with Crippen LogP contribution in [0.25, 0.3) is 5.69 Å². The number of nitrogens with zero attached hydrogens (tertiary/aromatic N) is 5. The number of likely N-dealkylation sites (N-methyl/N-ethyl adjacent to an activating group) is 1. The molecular formula is C26H35N5OS. The minimum absolute atomic E-state index is 0.113. The molecule has 176 valence electrons. The Morgan fingerprint density at radius 1 is 1.09 bits per heavy atom. The number of amides is 1. The van der Waals surface area contributed by atoms with Gasteiger partial charge in [0.1, 0.15) is 5.82 Å². The van der Waals surface area contributed by atoms with E-state index in [1.165, 1.54) is 11.3 Å². The third kappa shape index (κ3) is 5.47. The minimum Gasteiger partial charge on any atom is -0.354 e. The number of hydrogen-bond donors (Lipinski definition) is 0. The van der Waals surface area contributed by atoms with E-state index in [0.717, 1.165) is 66.8 Å². The topological polar surface area (TPSA) is 44.6 Å². The van der Waals surface area contributed by atoms with Gasteiger partial charge in [-0.2, -0.15) is 5.10 Å². The van der Waals surface area contributed by atoms with Crippen molar-refractivity contribution in [1.82, 2.24) is 19.6 Å². The summed E-state index contributed by atoms with van der Waals surface area (Å²) in [4.78, 5) is 21.1. The first-order chi connectivity index (χ1) is 15.9. The molecule has 6 nitrogen and oxygen atoms in total. The lowest BCUT2D eigenvalue weighted by molar-refractivity contribution is 0.0740. The fraction of sp³-hybridized carbons (Fsp3) is 0.462. The lowest BCUT2D eigenvalue weighted by atomic mass is 10.1. The Labute approximate surface area is 201 Å². The van der Waals surface area contributed by atoms with Crippen molar-refractivity contribution in [2.24, 2.45) is 5.92 Å².